The van der Waals surface area contributed by atoms with Crippen molar-refractivity contribution in [3.63, 3.8) is 0 Å². The Balaban J connectivity index is 1.70. The van der Waals surface area contributed by atoms with Crippen LogP contribution in [-0.2, 0) is 16.2 Å². The molecule has 3 nitrogen and oxygen atoms in total. The normalized spacial score (nSPS) is 17.4. The maximum atomic E-state index is 6.37. The monoisotopic (exact) mass is 594 g/mol. The summed E-state index contributed by atoms with van der Waals surface area (Å²) in [7, 11) is 0. The van der Waals surface area contributed by atoms with Crippen LogP contribution >= 0.6 is 15.9 Å². The lowest BCUT2D eigenvalue weighted by atomic mass is 9.59. The lowest BCUT2D eigenvalue weighted by molar-refractivity contribution is 0.125. The molecule has 0 unspecified atom stereocenters. The fourth-order valence-electron chi connectivity index (χ4n) is 6.67. The Morgan fingerprint density at radius 1 is 0.775 bits per heavy atom. The van der Waals surface area contributed by atoms with Crippen LogP contribution in [0.5, 0.6) is 11.5 Å². The molecule has 3 aromatic carbocycles. The molecule has 0 atom stereocenters. The van der Waals surface area contributed by atoms with E-state index in [0.29, 0.717) is 0 Å². The van der Waals surface area contributed by atoms with Crippen molar-refractivity contribution in [3.05, 3.63) is 94.1 Å². The Bertz CT molecular complexity index is 1800. The molecule has 40 heavy (non-hydrogen) atoms. The highest BCUT2D eigenvalue weighted by atomic mass is 79.9. The first kappa shape index (κ1) is 27.1. The van der Waals surface area contributed by atoms with E-state index >= 15 is 0 Å². The second kappa shape index (κ2) is 8.69. The van der Waals surface area contributed by atoms with Crippen molar-refractivity contribution in [2.45, 2.75) is 78.6 Å². The summed E-state index contributed by atoms with van der Waals surface area (Å²) in [5.41, 5.74) is 6.54. The average Bonchev–Trinajstić information content (AvgIpc) is 3.25. The molecule has 0 saturated carbocycles. The number of benzene rings is 3. The van der Waals surface area contributed by atoms with Crippen LogP contribution in [0, 0.1) is 5.41 Å². The number of ether oxygens (including phenoxy) is 1. The van der Waals surface area contributed by atoms with E-state index in [0.717, 1.165) is 27.3 Å². The van der Waals surface area contributed by atoms with E-state index < -0.39 is 0 Å². The summed E-state index contributed by atoms with van der Waals surface area (Å²) < 4.78 is 9.70. The first-order valence-electron chi connectivity index (χ1n) is 14.2. The number of hydrogen-bond donors (Lipinski definition) is 0. The van der Waals surface area contributed by atoms with Gasteiger partial charge in [0.1, 0.15) is 17.3 Å². The van der Waals surface area contributed by atoms with Crippen LogP contribution in [0.4, 0.5) is 0 Å². The summed E-state index contributed by atoms with van der Waals surface area (Å²) >= 11 is 3.57. The first-order valence-corrected chi connectivity index (χ1v) is 15.0. The van der Waals surface area contributed by atoms with E-state index in [1.54, 1.807) is 0 Å². The van der Waals surface area contributed by atoms with Gasteiger partial charge in [-0.3, -0.25) is 4.57 Å². The highest BCUT2D eigenvalue weighted by molar-refractivity contribution is 9.10. The Labute approximate surface area is 246 Å². The summed E-state index contributed by atoms with van der Waals surface area (Å²) in [6.45, 7) is 21.3. The molecule has 0 radical (unpaired) electrons. The molecule has 0 bridgehead atoms. The average molecular weight is 596 g/mol. The molecule has 206 valence electrons. The van der Waals surface area contributed by atoms with Crippen LogP contribution in [0.25, 0.3) is 27.6 Å². The van der Waals surface area contributed by atoms with Crippen LogP contribution in [0.1, 0.15) is 79.0 Å². The van der Waals surface area contributed by atoms with Crippen molar-refractivity contribution in [2.24, 2.45) is 5.41 Å². The lowest BCUT2D eigenvalue weighted by Crippen LogP contribution is -2.42. The van der Waals surface area contributed by atoms with Crippen molar-refractivity contribution < 1.29 is 4.74 Å². The molecule has 1 aliphatic carbocycles. The zero-order valence-corrected chi connectivity index (χ0v) is 26.7. The fraction of sp³-hybridized carbons (Fsp3) is 0.361. The van der Waals surface area contributed by atoms with Gasteiger partial charge in [0.2, 0.25) is 0 Å². The number of halogens is 1. The second-order valence-corrected chi connectivity index (χ2v) is 14.9. The molecular weight excluding hydrogens is 556 g/mol. The van der Waals surface area contributed by atoms with Gasteiger partial charge in [0.05, 0.1) is 11.0 Å². The highest BCUT2D eigenvalue weighted by Crippen LogP contribution is 2.63. The van der Waals surface area contributed by atoms with E-state index in [2.05, 4.69) is 125 Å². The molecule has 0 N–H and O–H groups in total. The maximum Gasteiger partial charge on any atom is 0.137 e. The van der Waals surface area contributed by atoms with Gasteiger partial charge in [0, 0.05) is 27.5 Å². The molecular formula is C36H39BrN2O. The minimum absolute atomic E-state index is 0.0166. The van der Waals surface area contributed by atoms with Crippen molar-refractivity contribution in [3.8, 4) is 17.3 Å². The van der Waals surface area contributed by atoms with Gasteiger partial charge in [-0.15, -0.1) is 0 Å². The molecule has 1 aliphatic rings. The zero-order valence-electron chi connectivity index (χ0n) is 25.1. The van der Waals surface area contributed by atoms with Crippen LogP contribution in [0.2, 0.25) is 0 Å². The molecule has 0 fully saturated rings. The largest absolute Gasteiger partial charge is 0.457 e. The van der Waals surface area contributed by atoms with Gasteiger partial charge < -0.3 is 4.74 Å². The number of rotatable bonds is 3. The van der Waals surface area contributed by atoms with Crippen LogP contribution in [0.3, 0.4) is 0 Å². The summed E-state index contributed by atoms with van der Waals surface area (Å²) in [5, 5.41) is 2.56. The highest BCUT2D eigenvalue weighted by Gasteiger charge is 2.57. The summed E-state index contributed by atoms with van der Waals surface area (Å²) in [4.78, 5) is 4.92. The molecule has 6 rings (SSSR count). The smallest absolute Gasteiger partial charge is 0.137 e. The Morgan fingerprint density at radius 3 is 2.20 bits per heavy atom. The van der Waals surface area contributed by atoms with Gasteiger partial charge >= 0.3 is 0 Å². The minimum atomic E-state index is -0.0311. The van der Waals surface area contributed by atoms with E-state index in [1.807, 2.05) is 30.5 Å². The number of pyridine rings is 1. The fourth-order valence-corrected chi connectivity index (χ4v) is 7.05. The van der Waals surface area contributed by atoms with E-state index in [1.165, 1.54) is 33.0 Å². The van der Waals surface area contributed by atoms with Gasteiger partial charge in [-0.05, 0) is 86.9 Å². The summed E-state index contributed by atoms with van der Waals surface area (Å²) in [5.74, 6) is 2.54. The topological polar surface area (TPSA) is 27.1 Å². The summed E-state index contributed by atoms with van der Waals surface area (Å²) in [6.07, 6.45) is 1.94. The van der Waals surface area contributed by atoms with Crippen molar-refractivity contribution >= 4 is 37.7 Å². The lowest BCUT2D eigenvalue weighted by Gasteiger charge is -2.44. The predicted octanol–water partition coefficient (Wildman–Crippen LogP) is 10.6. The molecule has 5 aromatic rings. The molecule has 4 heteroatoms. The zero-order chi connectivity index (χ0) is 28.8. The minimum Gasteiger partial charge on any atom is -0.457 e. The van der Waals surface area contributed by atoms with Crippen LogP contribution in [0.15, 0.2) is 77.4 Å². The van der Waals surface area contributed by atoms with E-state index in [4.69, 9.17) is 9.72 Å². The predicted molar refractivity (Wildman–Crippen MR) is 171 cm³/mol. The van der Waals surface area contributed by atoms with Crippen molar-refractivity contribution in [1.29, 1.82) is 0 Å². The Hall–Kier alpha value is -3.11. The van der Waals surface area contributed by atoms with Gasteiger partial charge in [-0.25, -0.2) is 4.98 Å². The third-order valence-electron chi connectivity index (χ3n) is 10.2. The van der Waals surface area contributed by atoms with Gasteiger partial charge in [0.15, 0.2) is 0 Å². The quantitative estimate of drug-likeness (QED) is 0.208. The molecule has 0 spiro atoms. The molecule has 0 amide bonds. The Kier molecular flexibility index (Phi) is 5.89. The van der Waals surface area contributed by atoms with Crippen molar-refractivity contribution in [1.82, 2.24) is 9.55 Å². The second-order valence-electron chi connectivity index (χ2n) is 14.0. The van der Waals surface area contributed by atoms with Gasteiger partial charge in [-0.2, -0.15) is 0 Å². The van der Waals surface area contributed by atoms with Gasteiger partial charge in [-0.1, -0.05) is 90.4 Å². The number of nitrogens with zero attached hydrogens (tertiary/aromatic N) is 2. The number of aromatic nitrogens is 2. The number of hydrogen-bond acceptors (Lipinski definition) is 2. The van der Waals surface area contributed by atoms with Crippen LogP contribution < -0.4 is 4.74 Å². The SMILES string of the molecule is CC(C)(C)c1ccnc(-n2c3cc(Oc4cccc(Br)c4)ccc3c3c4c(ccc32)C(C)(C)C(C)(C)C4(C)C)c1. The molecule has 2 heterocycles. The van der Waals surface area contributed by atoms with E-state index in [9.17, 15) is 0 Å². The van der Waals surface area contributed by atoms with Crippen molar-refractivity contribution in [2.75, 3.05) is 0 Å². The molecule has 0 aliphatic heterocycles. The molecule has 2 aromatic heterocycles. The third-order valence-corrected chi connectivity index (χ3v) is 10.7. The summed E-state index contributed by atoms with van der Waals surface area (Å²) in [6, 6.07) is 23.5. The van der Waals surface area contributed by atoms with E-state index in [-0.39, 0.29) is 21.7 Å². The Morgan fingerprint density at radius 2 is 1.50 bits per heavy atom. The molecule has 0 saturated heterocycles. The van der Waals surface area contributed by atoms with Gasteiger partial charge in [0.25, 0.3) is 0 Å². The number of fused-ring (bicyclic) bond motifs is 5. The standard InChI is InChI=1S/C36H39BrN2O/c1-33(2,3)22-17-18-38-30(19-22)39-28-16-15-27-32(35(6,7)36(8,9)34(27,4)5)31(28)26-14-13-25(21-29(26)39)40-24-12-10-11-23(37)20-24/h10-21H,1-9H3. The third kappa shape index (κ3) is 3.79. The maximum absolute atomic E-state index is 6.37. The van der Waals surface area contributed by atoms with Crippen LogP contribution in [-0.4, -0.2) is 9.55 Å². The first-order chi connectivity index (χ1) is 18.6.